The third-order valence-electron chi connectivity index (χ3n) is 4.66. The fraction of sp³-hybridized carbons (Fsp3) is 0.647. The lowest BCUT2D eigenvalue weighted by Crippen LogP contribution is -2.31. The van der Waals surface area contributed by atoms with E-state index in [1.54, 1.807) is 0 Å². The molecule has 2 fully saturated rings. The number of hydrogen-bond acceptors (Lipinski definition) is 3. The van der Waals surface area contributed by atoms with E-state index in [9.17, 15) is 0 Å². The maximum Gasteiger partial charge on any atom is 0.0602 e. The Morgan fingerprint density at radius 3 is 2.55 bits per heavy atom. The van der Waals surface area contributed by atoms with E-state index in [1.807, 2.05) is 0 Å². The Labute approximate surface area is 123 Å². The van der Waals surface area contributed by atoms with Gasteiger partial charge in [-0.3, -0.25) is 4.90 Å². The minimum absolute atomic E-state index is 0.598. The number of benzene rings is 1. The minimum Gasteiger partial charge on any atom is -0.379 e. The highest BCUT2D eigenvalue weighted by atomic mass is 15.2. The maximum absolute atomic E-state index is 3.79. The van der Waals surface area contributed by atoms with Crippen LogP contribution in [0.15, 0.2) is 24.3 Å². The fourth-order valence-electron chi connectivity index (χ4n) is 3.42. The van der Waals surface area contributed by atoms with Crippen LogP contribution in [0.1, 0.15) is 33.1 Å². The van der Waals surface area contributed by atoms with E-state index < -0.39 is 0 Å². The van der Waals surface area contributed by atoms with Crippen molar-refractivity contribution < 1.29 is 0 Å². The lowest BCUT2D eigenvalue weighted by atomic mass is 10.2. The molecule has 1 unspecified atom stereocenters. The van der Waals surface area contributed by atoms with Crippen molar-refractivity contribution >= 4 is 11.4 Å². The van der Waals surface area contributed by atoms with Crippen LogP contribution in [0.2, 0.25) is 0 Å². The Hall–Kier alpha value is -1.22. The Morgan fingerprint density at radius 2 is 1.85 bits per heavy atom. The predicted molar refractivity (Wildman–Crippen MR) is 86.6 cm³/mol. The van der Waals surface area contributed by atoms with Crippen molar-refractivity contribution in [3.8, 4) is 0 Å². The Bertz CT molecular complexity index is 438. The molecular formula is C17H27N3. The average Bonchev–Trinajstić information content (AvgIpc) is 3.10. The first-order chi connectivity index (χ1) is 9.74. The molecule has 1 atom stereocenters. The predicted octanol–water partition coefficient (Wildman–Crippen LogP) is 3.18. The second kappa shape index (κ2) is 6.04. The van der Waals surface area contributed by atoms with Gasteiger partial charge in [0, 0.05) is 38.3 Å². The lowest BCUT2D eigenvalue weighted by molar-refractivity contribution is 0.274. The molecule has 0 spiro atoms. The molecule has 2 saturated heterocycles. The van der Waals surface area contributed by atoms with Gasteiger partial charge in [0.25, 0.3) is 0 Å². The highest BCUT2D eigenvalue weighted by Crippen LogP contribution is 2.30. The maximum atomic E-state index is 3.79. The van der Waals surface area contributed by atoms with Crippen molar-refractivity contribution in [1.29, 1.82) is 0 Å². The number of nitrogens with one attached hydrogen (secondary N) is 1. The molecule has 0 radical (unpaired) electrons. The van der Waals surface area contributed by atoms with Crippen LogP contribution in [0, 0.1) is 0 Å². The third-order valence-corrected chi connectivity index (χ3v) is 4.66. The Morgan fingerprint density at radius 1 is 1.10 bits per heavy atom. The van der Waals surface area contributed by atoms with Crippen LogP contribution in [0.5, 0.6) is 0 Å². The van der Waals surface area contributed by atoms with E-state index in [-0.39, 0.29) is 0 Å². The van der Waals surface area contributed by atoms with Gasteiger partial charge >= 0.3 is 0 Å². The highest BCUT2D eigenvalue weighted by Gasteiger charge is 2.25. The summed E-state index contributed by atoms with van der Waals surface area (Å²) in [6.07, 6.45) is 3.92. The summed E-state index contributed by atoms with van der Waals surface area (Å²) in [6.45, 7) is 9.40. The van der Waals surface area contributed by atoms with Crippen LogP contribution in [0.4, 0.5) is 11.4 Å². The van der Waals surface area contributed by atoms with E-state index in [0.717, 1.165) is 0 Å². The zero-order valence-corrected chi connectivity index (χ0v) is 12.8. The summed E-state index contributed by atoms with van der Waals surface area (Å²) in [4.78, 5) is 5.09. The van der Waals surface area contributed by atoms with Crippen molar-refractivity contribution in [2.75, 3.05) is 36.4 Å². The summed E-state index contributed by atoms with van der Waals surface area (Å²) >= 11 is 0. The van der Waals surface area contributed by atoms with Crippen LogP contribution in [-0.2, 0) is 0 Å². The van der Waals surface area contributed by atoms with Gasteiger partial charge in [-0.25, -0.2) is 0 Å². The van der Waals surface area contributed by atoms with E-state index in [0.29, 0.717) is 12.1 Å². The standard InChI is InChI=1S/C17H27N3/c1-14(2)20-12-9-15(13-20)18-16-7-3-4-8-17(16)19-10-5-6-11-19/h3-4,7-8,14-15,18H,5-6,9-13H2,1-2H3. The third kappa shape index (κ3) is 2.93. The Balaban J connectivity index is 1.68. The topological polar surface area (TPSA) is 18.5 Å². The van der Waals surface area contributed by atoms with Crippen molar-refractivity contribution in [2.24, 2.45) is 0 Å². The summed E-state index contributed by atoms with van der Waals surface area (Å²) in [5, 5.41) is 3.79. The largest absolute Gasteiger partial charge is 0.379 e. The molecule has 20 heavy (non-hydrogen) atoms. The average molecular weight is 273 g/mol. The zero-order chi connectivity index (χ0) is 13.9. The Kier molecular flexibility index (Phi) is 4.16. The van der Waals surface area contributed by atoms with Crippen LogP contribution >= 0.6 is 0 Å². The molecule has 1 aromatic rings. The quantitative estimate of drug-likeness (QED) is 0.909. The number of likely N-dealkylation sites (tertiary alicyclic amines) is 1. The molecule has 110 valence electrons. The molecule has 0 amide bonds. The van der Waals surface area contributed by atoms with Crippen LogP contribution in [0.3, 0.4) is 0 Å². The first kappa shape index (κ1) is 13.7. The second-order valence-electron chi connectivity index (χ2n) is 6.43. The molecule has 2 aliphatic rings. The van der Waals surface area contributed by atoms with Gasteiger partial charge < -0.3 is 10.2 Å². The van der Waals surface area contributed by atoms with E-state index in [1.165, 1.54) is 56.8 Å². The number of para-hydroxylation sites is 2. The van der Waals surface area contributed by atoms with Crippen LogP contribution < -0.4 is 10.2 Å². The van der Waals surface area contributed by atoms with Crippen molar-refractivity contribution in [1.82, 2.24) is 4.90 Å². The van der Waals surface area contributed by atoms with Gasteiger partial charge in [0.1, 0.15) is 0 Å². The van der Waals surface area contributed by atoms with Crippen molar-refractivity contribution in [2.45, 2.75) is 45.2 Å². The van der Waals surface area contributed by atoms with Crippen LogP contribution in [-0.4, -0.2) is 43.2 Å². The van der Waals surface area contributed by atoms with Crippen molar-refractivity contribution in [3.05, 3.63) is 24.3 Å². The minimum atomic E-state index is 0.598. The molecule has 0 aromatic heterocycles. The van der Waals surface area contributed by atoms with Gasteiger partial charge in [0.15, 0.2) is 0 Å². The highest BCUT2D eigenvalue weighted by molar-refractivity contribution is 5.70. The van der Waals surface area contributed by atoms with Gasteiger partial charge in [0.2, 0.25) is 0 Å². The molecule has 0 bridgehead atoms. The second-order valence-corrected chi connectivity index (χ2v) is 6.43. The zero-order valence-electron chi connectivity index (χ0n) is 12.8. The van der Waals surface area contributed by atoms with Crippen LogP contribution in [0.25, 0.3) is 0 Å². The molecule has 2 heterocycles. The summed E-state index contributed by atoms with van der Waals surface area (Å²) < 4.78 is 0. The van der Waals surface area contributed by atoms with Crippen molar-refractivity contribution in [3.63, 3.8) is 0 Å². The molecule has 2 aliphatic heterocycles. The smallest absolute Gasteiger partial charge is 0.0602 e. The molecule has 3 heteroatoms. The molecule has 0 saturated carbocycles. The van der Waals surface area contributed by atoms with E-state index in [2.05, 4.69) is 53.2 Å². The monoisotopic (exact) mass is 273 g/mol. The summed E-state index contributed by atoms with van der Waals surface area (Å²) in [6, 6.07) is 10.1. The molecule has 0 aliphatic carbocycles. The SMILES string of the molecule is CC(C)N1CCC(Nc2ccccc2N2CCCC2)C1. The molecular weight excluding hydrogens is 246 g/mol. The molecule has 3 rings (SSSR count). The molecule has 1 aromatic carbocycles. The first-order valence-corrected chi connectivity index (χ1v) is 8.08. The number of hydrogen-bond donors (Lipinski definition) is 1. The molecule has 1 N–H and O–H groups in total. The van der Waals surface area contributed by atoms with Gasteiger partial charge in [-0.2, -0.15) is 0 Å². The van der Waals surface area contributed by atoms with Gasteiger partial charge in [-0.1, -0.05) is 12.1 Å². The number of anilines is 2. The first-order valence-electron chi connectivity index (χ1n) is 8.08. The lowest BCUT2D eigenvalue weighted by Gasteiger charge is -2.25. The summed E-state index contributed by atoms with van der Waals surface area (Å²) in [5.41, 5.74) is 2.72. The molecule has 3 nitrogen and oxygen atoms in total. The van der Waals surface area contributed by atoms with E-state index in [4.69, 9.17) is 0 Å². The van der Waals surface area contributed by atoms with Gasteiger partial charge in [0.05, 0.1) is 11.4 Å². The normalized spacial score (nSPS) is 23.8. The fourth-order valence-corrected chi connectivity index (χ4v) is 3.42. The van der Waals surface area contributed by atoms with Gasteiger partial charge in [-0.15, -0.1) is 0 Å². The number of nitrogens with zero attached hydrogens (tertiary/aromatic N) is 2. The van der Waals surface area contributed by atoms with E-state index >= 15 is 0 Å². The number of rotatable bonds is 4. The summed E-state index contributed by atoms with van der Waals surface area (Å²) in [7, 11) is 0. The van der Waals surface area contributed by atoms with Gasteiger partial charge in [-0.05, 0) is 45.2 Å². The summed E-state index contributed by atoms with van der Waals surface area (Å²) in [5.74, 6) is 0.